The van der Waals surface area contributed by atoms with E-state index in [0.717, 1.165) is 15.8 Å². The number of hydrogen-bond acceptors (Lipinski definition) is 2. The lowest BCUT2D eigenvalue weighted by Crippen LogP contribution is -2.02. The molecule has 0 amide bonds. The van der Waals surface area contributed by atoms with Crippen molar-refractivity contribution in [2.24, 2.45) is 0 Å². The van der Waals surface area contributed by atoms with Crippen LogP contribution in [0.3, 0.4) is 0 Å². The molecule has 4 heteroatoms. The standard InChI is InChI=1S/C9H11BrO2S/c1-3-5(2)6-4-13-8(10)7(6)9(11)12/h4-5H,3H2,1-2H3,(H,11,12). The summed E-state index contributed by atoms with van der Waals surface area (Å²) in [6, 6.07) is 0. The third kappa shape index (κ3) is 2.11. The fraction of sp³-hybridized carbons (Fsp3) is 0.444. The Morgan fingerprint density at radius 2 is 2.38 bits per heavy atom. The van der Waals surface area contributed by atoms with Crippen LogP contribution in [0.2, 0.25) is 0 Å². The van der Waals surface area contributed by atoms with Crippen LogP contribution in [-0.4, -0.2) is 11.1 Å². The zero-order valence-corrected chi connectivity index (χ0v) is 9.91. The lowest BCUT2D eigenvalue weighted by atomic mass is 9.98. The van der Waals surface area contributed by atoms with E-state index in [4.69, 9.17) is 5.11 Å². The Hall–Kier alpha value is -0.350. The molecule has 13 heavy (non-hydrogen) atoms. The van der Waals surface area contributed by atoms with Crippen molar-refractivity contribution in [2.45, 2.75) is 26.2 Å². The van der Waals surface area contributed by atoms with Crippen molar-refractivity contribution in [3.63, 3.8) is 0 Å². The summed E-state index contributed by atoms with van der Waals surface area (Å²) in [5.41, 5.74) is 1.37. The van der Waals surface area contributed by atoms with E-state index in [2.05, 4.69) is 22.9 Å². The van der Waals surface area contributed by atoms with E-state index in [1.54, 1.807) is 0 Å². The first-order valence-electron chi connectivity index (χ1n) is 4.08. The van der Waals surface area contributed by atoms with Crippen LogP contribution in [0.1, 0.15) is 42.1 Å². The highest BCUT2D eigenvalue weighted by Crippen LogP contribution is 2.33. The van der Waals surface area contributed by atoms with Gasteiger partial charge in [0.25, 0.3) is 0 Å². The number of hydrogen-bond donors (Lipinski definition) is 1. The molecule has 0 spiro atoms. The Bertz CT molecular complexity index is 319. The molecule has 72 valence electrons. The Labute approximate surface area is 89.7 Å². The maximum atomic E-state index is 10.9. The second-order valence-corrected chi connectivity index (χ2v) is 5.15. The number of rotatable bonds is 3. The van der Waals surface area contributed by atoms with Crippen LogP contribution >= 0.6 is 27.3 Å². The van der Waals surface area contributed by atoms with E-state index in [-0.39, 0.29) is 0 Å². The summed E-state index contributed by atoms with van der Waals surface area (Å²) in [7, 11) is 0. The van der Waals surface area contributed by atoms with Crippen molar-refractivity contribution in [3.05, 3.63) is 20.3 Å². The summed E-state index contributed by atoms with van der Waals surface area (Å²) in [6.45, 7) is 4.10. The van der Waals surface area contributed by atoms with Gasteiger partial charge in [-0.3, -0.25) is 0 Å². The Kier molecular flexibility index (Phi) is 3.50. The first kappa shape index (κ1) is 10.7. The van der Waals surface area contributed by atoms with E-state index in [1.807, 2.05) is 12.3 Å². The van der Waals surface area contributed by atoms with Gasteiger partial charge >= 0.3 is 5.97 Å². The SMILES string of the molecule is CCC(C)c1csc(Br)c1C(=O)O. The minimum Gasteiger partial charge on any atom is -0.478 e. The molecule has 1 heterocycles. The lowest BCUT2D eigenvalue weighted by molar-refractivity contribution is 0.0695. The van der Waals surface area contributed by atoms with Crippen LogP contribution < -0.4 is 0 Å². The molecule has 0 aromatic carbocycles. The fourth-order valence-corrected chi connectivity index (χ4v) is 2.72. The summed E-state index contributed by atoms with van der Waals surface area (Å²) in [5.74, 6) is -0.530. The smallest absolute Gasteiger partial charge is 0.338 e. The van der Waals surface area contributed by atoms with Gasteiger partial charge in [-0.25, -0.2) is 4.79 Å². The monoisotopic (exact) mass is 262 g/mol. The van der Waals surface area contributed by atoms with Gasteiger partial charge in [-0.1, -0.05) is 13.8 Å². The number of aromatic carboxylic acids is 1. The maximum Gasteiger partial charge on any atom is 0.338 e. The first-order valence-corrected chi connectivity index (χ1v) is 5.75. The minimum absolute atomic E-state index is 0.314. The molecule has 1 N–H and O–H groups in total. The second-order valence-electron chi connectivity index (χ2n) is 2.95. The van der Waals surface area contributed by atoms with Gasteiger partial charge in [0.2, 0.25) is 0 Å². The Morgan fingerprint density at radius 3 is 2.85 bits per heavy atom. The molecule has 0 saturated heterocycles. The molecule has 0 fully saturated rings. The molecule has 2 nitrogen and oxygen atoms in total. The van der Waals surface area contributed by atoms with E-state index in [9.17, 15) is 4.79 Å². The van der Waals surface area contributed by atoms with Gasteiger partial charge in [0.05, 0.1) is 9.35 Å². The molecule has 1 rings (SSSR count). The second kappa shape index (κ2) is 4.24. The number of carbonyl (C=O) groups is 1. The van der Waals surface area contributed by atoms with Gasteiger partial charge in [0.15, 0.2) is 0 Å². The molecule has 1 unspecified atom stereocenters. The average Bonchev–Trinajstić information content (AvgIpc) is 2.45. The van der Waals surface area contributed by atoms with Gasteiger partial charge in [0, 0.05) is 0 Å². The van der Waals surface area contributed by atoms with Crippen LogP contribution in [0.5, 0.6) is 0 Å². The van der Waals surface area contributed by atoms with Crippen molar-refractivity contribution < 1.29 is 9.90 Å². The van der Waals surface area contributed by atoms with Gasteiger partial charge in [-0.15, -0.1) is 11.3 Å². The highest BCUT2D eigenvalue weighted by molar-refractivity contribution is 9.11. The zero-order chi connectivity index (χ0) is 10.0. The molecular weight excluding hydrogens is 252 g/mol. The van der Waals surface area contributed by atoms with E-state index in [0.29, 0.717) is 11.5 Å². The van der Waals surface area contributed by atoms with Crippen LogP contribution in [0.4, 0.5) is 0 Å². The maximum absolute atomic E-state index is 10.9. The topological polar surface area (TPSA) is 37.3 Å². The quantitative estimate of drug-likeness (QED) is 0.902. The van der Waals surface area contributed by atoms with Crippen LogP contribution in [0.15, 0.2) is 9.17 Å². The van der Waals surface area contributed by atoms with Crippen molar-refractivity contribution in [2.75, 3.05) is 0 Å². The molecule has 0 radical (unpaired) electrons. The third-order valence-corrected chi connectivity index (χ3v) is 3.87. The normalized spacial score (nSPS) is 12.8. The number of carboxylic acid groups (broad SMARTS) is 1. The summed E-state index contributed by atoms with van der Waals surface area (Å²) in [6.07, 6.45) is 0.962. The van der Waals surface area contributed by atoms with Crippen LogP contribution in [0.25, 0.3) is 0 Å². The molecule has 0 aliphatic rings. The summed E-state index contributed by atoms with van der Waals surface area (Å²) in [5, 5.41) is 10.9. The Morgan fingerprint density at radius 1 is 1.77 bits per heavy atom. The molecule has 0 saturated carbocycles. The first-order chi connectivity index (χ1) is 6.07. The lowest BCUT2D eigenvalue weighted by Gasteiger charge is -2.07. The molecule has 0 aliphatic carbocycles. The molecular formula is C9H11BrO2S. The van der Waals surface area contributed by atoms with E-state index >= 15 is 0 Å². The third-order valence-electron chi connectivity index (χ3n) is 2.13. The highest BCUT2D eigenvalue weighted by atomic mass is 79.9. The molecule has 0 aliphatic heterocycles. The van der Waals surface area contributed by atoms with E-state index < -0.39 is 5.97 Å². The predicted molar refractivity (Wildman–Crippen MR) is 57.7 cm³/mol. The summed E-state index contributed by atoms with van der Waals surface area (Å²) in [4.78, 5) is 10.9. The van der Waals surface area contributed by atoms with Gasteiger partial charge in [-0.2, -0.15) is 0 Å². The molecule has 1 aromatic heterocycles. The highest BCUT2D eigenvalue weighted by Gasteiger charge is 2.19. The summed E-state index contributed by atoms with van der Waals surface area (Å²) >= 11 is 4.69. The summed E-state index contributed by atoms with van der Waals surface area (Å²) < 4.78 is 0.718. The van der Waals surface area contributed by atoms with Crippen molar-refractivity contribution in [3.8, 4) is 0 Å². The van der Waals surface area contributed by atoms with Gasteiger partial charge in [-0.05, 0) is 39.2 Å². The zero-order valence-electron chi connectivity index (χ0n) is 7.50. The number of carboxylic acids is 1. The van der Waals surface area contributed by atoms with Crippen molar-refractivity contribution >= 4 is 33.2 Å². The number of thiophene rings is 1. The fourth-order valence-electron chi connectivity index (χ4n) is 1.14. The predicted octanol–water partition coefficient (Wildman–Crippen LogP) is 3.72. The van der Waals surface area contributed by atoms with Crippen LogP contribution in [0, 0.1) is 0 Å². The van der Waals surface area contributed by atoms with Gasteiger partial charge in [0.1, 0.15) is 0 Å². The van der Waals surface area contributed by atoms with Crippen molar-refractivity contribution in [1.82, 2.24) is 0 Å². The number of halogens is 1. The molecule has 1 atom stereocenters. The average molecular weight is 263 g/mol. The van der Waals surface area contributed by atoms with Crippen LogP contribution in [-0.2, 0) is 0 Å². The van der Waals surface area contributed by atoms with Gasteiger partial charge < -0.3 is 5.11 Å². The molecule has 1 aromatic rings. The van der Waals surface area contributed by atoms with E-state index in [1.165, 1.54) is 11.3 Å². The largest absolute Gasteiger partial charge is 0.478 e. The Balaban J connectivity index is 3.14. The van der Waals surface area contributed by atoms with Crippen molar-refractivity contribution in [1.29, 1.82) is 0 Å². The minimum atomic E-state index is -0.844. The molecule has 0 bridgehead atoms.